The van der Waals surface area contributed by atoms with Crippen LogP contribution in [0.1, 0.15) is 27.6 Å². The van der Waals surface area contributed by atoms with Crippen molar-refractivity contribution in [3.8, 4) is 0 Å². The number of nitro benzene ring substituents is 1. The molecule has 0 aliphatic carbocycles. The molecule has 1 amide bonds. The lowest BCUT2D eigenvalue weighted by Gasteiger charge is -2.30. The van der Waals surface area contributed by atoms with Gasteiger partial charge in [-0.25, -0.2) is 0 Å². The molecule has 3 aromatic carbocycles. The molecule has 0 radical (unpaired) electrons. The van der Waals surface area contributed by atoms with Gasteiger partial charge in [0.05, 0.1) is 29.4 Å². The van der Waals surface area contributed by atoms with E-state index in [-0.39, 0.29) is 11.3 Å². The van der Waals surface area contributed by atoms with Crippen LogP contribution in [-0.4, -0.2) is 42.2 Å². The molecule has 1 saturated heterocycles. The predicted octanol–water partition coefficient (Wildman–Crippen LogP) is 4.42. The maximum absolute atomic E-state index is 13.3. The Kier molecular flexibility index (Phi) is 6.88. The molecule has 0 bridgehead atoms. The van der Waals surface area contributed by atoms with E-state index in [1.54, 1.807) is 48.5 Å². The number of morpholine rings is 1. The molecular weight excluding hydrogens is 446 g/mol. The van der Waals surface area contributed by atoms with Crippen LogP contribution in [0.4, 0.5) is 17.1 Å². The van der Waals surface area contributed by atoms with Gasteiger partial charge in [-0.3, -0.25) is 14.9 Å². The van der Waals surface area contributed by atoms with E-state index in [1.807, 2.05) is 11.0 Å². The van der Waals surface area contributed by atoms with Gasteiger partial charge in [-0.2, -0.15) is 0 Å². The van der Waals surface area contributed by atoms with Crippen molar-refractivity contribution in [1.82, 2.24) is 0 Å². The number of carbonyl (C=O) groups is 1. The first kappa shape index (κ1) is 22.7. The van der Waals surface area contributed by atoms with Crippen LogP contribution >= 0.6 is 11.6 Å². The topological polar surface area (TPSA) is 105 Å². The Labute approximate surface area is 195 Å². The van der Waals surface area contributed by atoms with Crippen LogP contribution in [0.2, 0.25) is 5.02 Å². The van der Waals surface area contributed by atoms with Gasteiger partial charge < -0.3 is 20.1 Å². The minimum absolute atomic E-state index is 0.168. The average Bonchev–Trinajstić information content (AvgIpc) is 2.85. The summed E-state index contributed by atoms with van der Waals surface area (Å²) in [5.74, 6) is -0.524. The number of aliphatic hydroxyl groups excluding tert-OH is 1. The quantitative estimate of drug-likeness (QED) is 0.410. The molecule has 3 aromatic rings. The van der Waals surface area contributed by atoms with Crippen LogP contribution in [0.3, 0.4) is 0 Å². The van der Waals surface area contributed by atoms with Gasteiger partial charge in [-0.05, 0) is 29.8 Å². The highest BCUT2D eigenvalue weighted by Crippen LogP contribution is 2.33. The van der Waals surface area contributed by atoms with Crippen LogP contribution in [0.5, 0.6) is 0 Å². The van der Waals surface area contributed by atoms with Gasteiger partial charge in [0.1, 0.15) is 6.10 Å². The lowest BCUT2D eigenvalue weighted by molar-refractivity contribution is -0.384. The summed E-state index contributed by atoms with van der Waals surface area (Å²) in [6.07, 6.45) is -1.02. The summed E-state index contributed by atoms with van der Waals surface area (Å²) in [6.45, 7) is 2.14. The number of aliphatic hydroxyl groups is 1. The second-order valence-corrected chi connectivity index (χ2v) is 7.99. The second-order valence-electron chi connectivity index (χ2n) is 7.56. The highest BCUT2D eigenvalue weighted by Gasteiger charge is 2.24. The van der Waals surface area contributed by atoms with Gasteiger partial charge >= 0.3 is 0 Å². The van der Waals surface area contributed by atoms with Gasteiger partial charge in [0, 0.05) is 41.5 Å². The zero-order valence-corrected chi connectivity index (χ0v) is 18.4. The van der Waals surface area contributed by atoms with Crippen molar-refractivity contribution in [1.29, 1.82) is 0 Å². The number of non-ortho nitro benzene ring substituents is 1. The SMILES string of the molecule is O=C(Nc1ccc(Cl)cc1[C@H](O)c1ccccc1)c1cc([N+](=O)[O-])ccc1N1CCOCC1. The van der Waals surface area contributed by atoms with Gasteiger partial charge in [-0.1, -0.05) is 41.9 Å². The van der Waals surface area contributed by atoms with Crippen molar-refractivity contribution in [2.24, 2.45) is 0 Å². The number of hydrogen-bond donors (Lipinski definition) is 2. The molecule has 1 heterocycles. The lowest BCUT2D eigenvalue weighted by atomic mass is 9.99. The minimum atomic E-state index is -1.02. The number of nitro groups is 1. The molecule has 0 aromatic heterocycles. The van der Waals surface area contributed by atoms with E-state index in [2.05, 4.69) is 5.32 Å². The Morgan fingerprint density at radius 2 is 1.82 bits per heavy atom. The number of nitrogens with one attached hydrogen (secondary N) is 1. The molecule has 0 unspecified atom stereocenters. The van der Waals surface area contributed by atoms with E-state index in [9.17, 15) is 20.0 Å². The first-order valence-electron chi connectivity index (χ1n) is 10.4. The maximum atomic E-state index is 13.3. The zero-order chi connectivity index (χ0) is 23.4. The van der Waals surface area contributed by atoms with Crippen LogP contribution in [0, 0.1) is 10.1 Å². The normalized spacial score (nSPS) is 14.5. The van der Waals surface area contributed by atoms with E-state index in [1.165, 1.54) is 12.1 Å². The molecule has 170 valence electrons. The molecule has 2 N–H and O–H groups in total. The largest absolute Gasteiger partial charge is 0.384 e. The number of nitrogens with zero attached hydrogens (tertiary/aromatic N) is 2. The van der Waals surface area contributed by atoms with Crippen molar-refractivity contribution in [2.45, 2.75) is 6.10 Å². The number of ether oxygens (including phenoxy) is 1. The molecule has 0 spiro atoms. The first-order valence-corrected chi connectivity index (χ1v) is 10.8. The van der Waals surface area contributed by atoms with E-state index in [4.69, 9.17) is 16.3 Å². The lowest BCUT2D eigenvalue weighted by Crippen LogP contribution is -2.37. The third-order valence-electron chi connectivity index (χ3n) is 5.46. The summed E-state index contributed by atoms with van der Waals surface area (Å²) < 4.78 is 5.38. The number of anilines is 2. The van der Waals surface area contributed by atoms with Gasteiger partial charge in [0.15, 0.2) is 0 Å². The fourth-order valence-corrected chi connectivity index (χ4v) is 3.96. The summed E-state index contributed by atoms with van der Waals surface area (Å²) in [5.41, 5.74) is 1.99. The van der Waals surface area contributed by atoms with E-state index >= 15 is 0 Å². The Hall–Kier alpha value is -3.46. The third-order valence-corrected chi connectivity index (χ3v) is 5.69. The highest BCUT2D eigenvalue weighted by molar-refractivity contribution is 6.30. The predicted molar refractivity (Wildman–Crippen MR) is 126 cm³/mol. The summed E-state index contributed by atoms with van der Waals surface area (Å²) in [6, 6.07) is 18.0. The summed E-state index contributed by atoms with van der Waals surface area (Å²) in [7, 11) is 0. The molecular formula is C24H22ClN3O5. The molecule has 0 saturated carbocycles. The van der Waals surface area contributed by atoms with Crippen LogP contribution < -0.4 is 10.2 Å². The number of benzene rings is 3. The molecule has 8 nitrogen and oxygen atoms in total. The minimum Gasteiger partial charge on any atom is -0.384 e. The summed E-state index contributed by atoms with van der Waals surface area (Å²) in [5, 5.41) is 25.5. The number of amides is 1. The van der Waals surface area contributed by atoms with Gasteiger partial charge in [0.25, 0.3) is 11.6 Å². The van der Waals surface area contributed by atoms with E-state index in [0.717, 1.165) is 0 Å². The van der Waals surface area contributed by atoms with Crippen LogP contribution in [0.15, 0.2) is 66.7 Å². The van der Waals surface area contributed by atoms with Crippen LogP contribution in [0.25, 0.3) is 0 Å². The van der Waals surface area contributed by atoms with Crippen molar-refractivity contribution in [3.05, 3.63) is 98.6 Å². The molecule has 4 rings (SSSR count). The fraction of sp³-hybridized carbons (Fsp3) is 0.208. The number of carbonyl (C=O) groups excluding carboxylic acids is 1. The monoisotopic (exact) mass is 467 g/mol. The van der Waals surface area contributed by atoms with Crippen molar-refractivity contribution in [2.75, 3.05) is 36.5 Å². The first-order chi connectivity index (χ1) is 15.9. The zero-order valence-electron chi connectivity index (χ0n) is 17.6. The Morgan fingerprint density at radius 1 is 1.09 bits per heavy atom. The number of halogens is 1. The van der Waals surface area contributed by atoms with Crippen LogP contribution in [-0.2, 0) is 4.74 Å². The van der Waals surface area contributed by atoms with E-state index in [0.29, 0.717) is 53.8 Å². The van der Waals surface area contributed by atoms with Crippen molar-refractivity contribution >= 4 is 34.6 Å². The molecule has 33 heavy (non-hydrogen) atoms. The van der Waals surface area contributed by atoms with E-state index < -0.39 is 16.9 Å². The van der Waals surface area contributed by atoms with Gasteiger partial charge in [0.2, 0.25) is 0 Å². The van der Waals surface area contributed by atoms with Gasteiger partial charge in [-0.15, -0.1) is 0 Å². The van der Waals surface area contributed by atoms with Crippen molar-refractivity contribution in [3.63, 3.8) is 0 Å². The molecule has 1 atom stereocenters. The third kappa shape index (κ3) is 5.14. The number of hydrogen-bond acceptors (Lipinski definition) is 6. The fourth-order valence-electron chi connectivity index (χ4n) is 3.78. The Balaban J connectivity index is 1.70. The Morgan fingerprint density at radius 3 is 2.52 bits per heavy atom. The standard InChI is InChI=1S/C24H22ClN3O5/c25-17-6-8-21(19(14-17)23(29)16-4-2-1-3-5-16)26-24(30)20-15-18(28(31)32)7-9-22(20)27-10-12-33-13-11-27/h1-9,14-15,23,29H,10-13H2,(H,26,30)/t23-/m1/s1. The second kappa shape index (κ2) is 9.99. The molecule has 1 fully saturated rings. The van der Waals surface area contributed by atoms with Crippen molar-refractivity contribution < 1.29 is 19.6 Å². The molecule has 1 aliphatic rings. The summed E-state index contributed by atoms with van der Waals surface area (Å²) >= 11 is 6.17. The highest BCUT2D eigenvalue weighted by atomic mass is 35.5. The average molecular weight is 468 g/mol. The molecule has 1 aliphatic heterocycles. The Bertz CT molecular complexity index is 1170. The smallest absolute Gasteiger partial charge is 0.270 e. The molecule has 9 heteroatoms. The summed E-state index contributed by atoms with van der Waals surface area (Å²) in [4.78, 5) is 26.1. The number of rotatable bonds is 6. The maximum Gasteiger partial charge on any atom is 0.270 e.